The molecule has 0 bridgehead atoms. The van der Waals surface area contributed by atoms with Crippen LogP contribution in [0.25, 0.3) is 0 Å². The third kappa shape index (κ3) is 9.96. The van der Waals surface area contributed by atoms with Gasteiger partial charge in [-0.2, -0.15) is 0 Å². The Balaban J connectivity index is 0.00000338. The molecule has 2 aromatic rings. The van der Waals surface area contributed by atoms with Crippen LogP contribution in [0, 0.1) is 0 Å². The van der Waals surface area contributed by atoms with Crippen molar-refractivity contribution in [1.82, 2.24) is 15.6 Å². The van der Waals surface area contributed by atoms with E-state index in [1.54, 1.807) is 6.20 Å². The number of ether oxygens (including phenoxy) is 1. The Morgan fingerprint density at radius 3 is 2.56 bits per heavy atom. The van der Waals surface area contributed by atoms with Crippen molar-refractivity contribution in [3.8, 4) is 5.75 Å². The van der Waals surface area contributed by atoms with E-state index in [9.17, 15) is 4.79 Å². The molecule has 2 rings (SSSR count). The maximum absolute atomic E-state index is 11.9. The predicted molar refractivity (Wildman–Crippen MR) is 117 cm³/mol. The van der Waals surface area contributed by atoms with E-state index in [0.29, 0.717) is 18.8 Å². The number of nitrogens with zero attached hydrogens (tertiary/aromatic N) is 1. The van der Waals surface area contributed by atoms with E-state index in [1.807, 2.05) is 57.3 Å². The van der Waals surface area contributed by atoms with E-state index in [0.717, 1.165) is 15.6 Å². The summed E-state index contributed by atoms with van der Waals surface area (Å²) in [7, 11) is 0. The van der Waals surface area contributed by atoms with Crippen molar-refractivity contribution in [1.29, 1.82) is 0 Å². The zero-order valence-electron chi connectivity index (χ0n) is 15.6. The minimum Gasteiger partial charge on any atom is -0.483 e. The molecule has 2 N–H and O–H groups in total. The van der Waals surface area contributed by atoms with Gasteiger partial charge >= 0.3 is 0 Å². The fourth-order valence-electron chi connectivity index (χ4n) is 2.27. The summed E-state index contributed by atoms with van der Waals surface area (Å²) in [5.74, 6) is 0.565. The maximum atomic E-state index is 11.9. The van der Waals surface area contributed by atoms with Crippen LogP contribution in [-0.4, -0.2) is 23.0 Å². The normalized spacial score (nSPS) is 10.4. The second-order valence-electron chi connectivity index (χ2n) is 6.80. The highest BCUT2D eigenvalue weighted by Gasteiger charge is 2.14. The van der Waals surface area contributed by atoms with Crippen molar-refractivity contribution in [2.75, 3.05) is 6.61 Å². The van der Waals surface area contributed by atoms with E-state index in [1.165, 1.54) is 0 Å². The number of hydrogen-bond donors (Lipinski definition) is 2. The summed E-state index contributed by atoms with van der Waals surface area (Å²) in [5, 5.41) is 6.26. The number of carbonyl (C=O) groups is 1. The first-order valence-corrected chi connectivity index (χ1v) is 8.95. The van der Waals surface area contributed by atoms with Crippen LogP contribution in [-0.2, 0) is 17.9 Å². The molecular weight excluding hydrogens is 453 g/mol. The molecule has 0 radical (unpaired) electrons. The van der Waals surface area contributed by atoms with E-state index in [-0.39, 0.29) is 42.9 Å². The van der Waals surface area contributed by atoms with E-state index in [4.69, 9.17) is 4.74 Å². The van der Waals surface area contributed by atoms with Gasteiger partial charge in [0, 0.05) is 41.1 Å². The minimum absolute atomic E-state index is 0. The third-order valence-electron chi connectivity index (χ3n) is 3.26. The van der Waals surface area contributed by atoms with Gasteiger partial charge < -0.3 is 15.4 Å². The van der Waals surface area contributed by atoms with Gasteiger partial charge in [0.25, 0.3) is 5.91 Å². The van der Waals surface area contributed by atoms with Crippen LogP contribution >= 0.6 is 40.7 Å². The summed E-state index contributed by atoms with van der Waals surface area (Å²) in [6, 6.07) is 9.71. The lowest BCUT2D eigenvalue weighted by Gasteiger charge is -2.21. The van der Waals surface area contributed by atoms with Gasteiger partial charge in [0.15, 0.2) is 6.61 Å². The Hall–Kier alpha value is -1.34. The molecule has 0 spiro atoms. The molecule has 0 saturated heterocycles. The topological polar surface area (TPSA) is 63.2 Å². The van der Waals surface area contributed by atoms with Crippen molar-refractivity contribution >= 4 is 46.7 Å². The van der Waals surface area contributed by atoms with Gasteiger partial charge in [-0.05, 0) is 50.6 Å². The Morgan fingerprint density at radius 1 is 1.19 bits per heavy atom. The Labute approximate surface area is 181 Å². The number of aromatic nitrogens is 1. The van der Waals surface area contributed by atoms with Crippen LogP contribution < -0.4 is 15.4 Å². The van der Waals surface area contributed by atoms with Crippen molar-refractivity contribution in [3.63, 3.8) is 0 Å². The molecule has 1 amide bonds. The van der Waals surface area contributed by atoms with Crippen molar-refractivity contribution in [3.05, 3.63) is 58.3 Å². The number of nitrogens with one attached hydrogen (secondary N) is 2. The highest BCUT2D eigenvalue weighted by molar-refractivity contribution is 9.10. The lowest BCUT2D eigenvalue weighted by atomic mass is 10.1. The Kier molecular flexibility index (Phi) is 11.6. The van der Waals surface area contributed by atoms with Crippen molar-refractivity contribution in [2.24, 2.45) is 0 Å². The summed E-state index contributed by atoms with van der Waals surface area (Å²) >= 11 is 3.48. The lowest BCUT2D eigenvalue weighted by Crippen LogP contribution is -2.43. The first kappa shape index (κ1) is 25.7. The molecule has 5 nitrogen and oxygen atoms in total. The number of hydrogen-bond acceptors (Lipinski definition) is 4. The molecule has 0 unspecified atom stereocenters. The molecule has 0 atom stereocenters. The molecule has 0 aliphatic heterocycles. The summed E-state index contributed by atoms with van der Waals surface area (Å²) < 4.78 is 6.69. The second kappa shape index (κ2) is 12.2. The van der Waals surface area contributed by atoms with E-state index >= 15 is 0 Å². The van der Waals surface area contributed by atoms with Gasteiger partial charge in [0.05, 0.1) is 0 Å². The molecule has 8 heteroatoms. The first-order chi connectivity index (χ1) is 11.8. The summed E-state index contributed by atoms with van der Waals surface area (Å²) in [4.78, 5) is 16.0. The van der Waals surface area contributed by atoms with Crippen LogP contribution in [0.5, 0.6) is 5.75 Å². The first-order valence-electron chi connectivity index (χ1n) is 8.15. The molecule has 0 aliphatic carbocycles. The molecule has 0 saturated carbocycles. The summed E-state index contributed by atoms with van der Waals surface area (Å²) in [6.45, 7) is 7.17. The van der Waals surface area contributed by atoms with Gasteiger partial charge in [-0.25, -0.2) is 0 Å². The van der Waals surface area contributed by atoms with Gasteiger partial charge in [-0.15, -0.1) is 24.8 Å². The van der Waals surface area contributed by atoms with Crippen LogP contribution in [0.2, 0.25) is 0 Å². The van der Waals surface area contributed by atoms with Gasteiger partial charge in [0.2, 0.25) is 0 Å². The highest BCUT2D eigenvalue weighted by atomic mass is 79.9. The average molecular weight is 479 g/mol. The zero-order valence-corrected chi connectivity index (χ0v) is 18.8. The smallest absolute Gasteiger partial charge is 0.258 e. The number of pyridine rings is 1. The Morgan fingerprint density at radius 2 is 1.93 bits per heavy atom. The summed E-state index contributed by atoms with van der Waals surface area (Å²) in [6.07, 6.45) is 3.59. The zero-order chi connectivity index (χ0) is 18.3. The van der Waals surface area contributed by atoms with E-state index < -0.39 is 0 Å². The Bertz CT molecular complexity index is 710. The summed E-state index contributed by atoms with van der Waals surface area (Å²) in [5.41, 5.74) is 1.83. The molecule has 27 heavy (non-hydrogen) atoms. The fraction of sp³-hybridized carbons (Fsp3) is 0.368. The lowest BCUT2D eigenvalue weighted by molar-refractivity contribution is -0.124. The van der Waals surface area contributed by atoms with Crippen LogP contribution in [0.1, 0.15) is 31.9 Å². The van der Waals surface area contributed by atoms with Gasteiger partial charge in [-0.1, -0.05) is 22.0 Å². The SMILES string of the molecule is CC(C)(C)NC(=O)COc1ccc(Br)cc1CNCc1cccnc1.Cl.Cl. The van der Waals surface area contributed by atoms with E-state index in [2.05, 4.69) is 31.5 Å². The predicted octanol–water partition coefficient (Wildman–Crippen LogP) is 4.27. The van der Waals surface area contributed by atoms with Gasteiger partial charge in [-0.3, -0.25) is 9.78 Å². The number of halogens is 3. The van der Waals surface area contributed by atoms with Gasteiger partial charge in [0.1, 0.15) is 5.75 Å². The minimum atomic E-state index is -0.270. The average Bonchev–Trinajstić information content (AvgIpc) is 2.53. The monoisotopic (exact) mass is 477 g/mol. The number of rotatable bonds is 7. The van der Waals surface area contributed by atoms with Crippen LogP contribution in [0.3, 0.4) is 0 Å². The van der Waals surface area contributed by atoms with Crippen molar-refractivity contribution < 1.29 is 9.53 Å². The number of amides is 1. The molecule has 150 valence electrons. The molecular formula is C19H26BrCl2N3O2. The molecule has 1 heterocycles. The number of benzene rings is 1. The molecule has 1 aromatic carbocycles. The molecule has 1 aromatic heterocycles. The molecule has 0 fully saturated rings. The standard InChI is InChI=1S/C19H24BrN3O2.2ClH/c1-19(2,3)23-18(24)13-25-17-7-6-16(20)9-15(17)12-22-11-14-5-4-8-21-10-14;;/h4-10,22H,11-13H2,1-3H3,(H,23,24);2*1H. The quantitative estimate of drug-likeness (QED) is 0.623. The fourth-order valence-corrected chi connectivity index (χ4v) is 2.68. The maximum Gasteiger partial charge on any atom is 0.258 e. The highest BCUT2D eigenvalue weighted by Crippen LogP contribution is 2.23. The second-order valence-corrected chi connectivity index (χ2v) is 7.72. The number of carbonyl (C=O) groups excluding carboxylic acids is 1. The van der Waals surface area contributed by atoms with Crippen LogP contribution in [0.15, 0.2) is 47.2 Å². The van der Waals surface area contributed by atoms with Crippen molar-refractivity contribution in [2.45, 2.75) is 39.4 Å². The molecule has 0 aliphatic rings. The largest absolute Gasteiger partial charge is 0.483 e. The third-order valence-corrected chi connectivity index (χ3v) is 3.76. The van der Waals surface area contributed by atoms with Crippen LogP contribution in [0.4, 0.5) is 0 Å².